The summed E-state index contributed by atoms with van der Waals surface area (Å²) in [6.07, 6.45) is 2.17. The Kier molecular flexibility index (Phi) is 3.98. The van der Waals surface area contributed by atoms with Crippen LogP contribution in [0.1, 0.15) is 19.8 Å². The van der Waals surface area contributed by atoms with Gasteiger partial charge in [-0.15, -0.1) is 11.3 Å². The Morgan fingerprint density at radius 1 is 1.41 bits per heavy atom. The quantitative estimate of drug-likeness (QED) is 0.650. The lowest BCUT2D eigenvalue weighted by Crippen LogP contribution is -2.00. The lowest BCUT2D eigenvalue weighted by Gasteiger charge is -2.09. The molecule has 1 heterocycles. The van der Waals surface area contributed by atoms with E-state index in [9.17, 15) is 0 Å². The molecule has 90 valence electrons. The zero-order valence-electron chi connectivity index (χ0n) is 9.85. The van der Waals surface area contributed by atoms with Gasteiger partial charge in [-0.25, -0.2) is 4.98 Å². The number of rotatable bonds is 5. The third-order valence-electron chi connectivity index (χ3n) is 2.49. The van der Waals surface area contributed by atoms with E-state index in [4.69, 9.17) is 10.5 Å². The van der Waals surface area contributed by atoms with E-state index in [2.05, 4.69) is 11.9 Å². The number of nitrogens with zero attached hydrogens (tertiary/aromatic N) is 1. The van der Waals surface area contributed by atoms with Crippen molar-refractivity contribution >= 4 is 17.0 Å². The summed E-state index contributed by atoms with van der Waals surface area (Å²) < 4.78 is 5.61. The molecule has 1 aromatic carbocycles. The van der Waals surface area contributed by atoms with Gasteiger partial charge in [0, 0.05) is 10.9 Å². The van der Waals surface area contributed by atoms with E-state index in [-0.39, 0.29) is 0 Å². The monoisotopic (exact) mass is 248 g/mol. The highest BCUT2D eigenvalue weighted by molar-refractivity contribution is 7.07. The first kappa shape index (κ1) is 11.9. The molecule has 0 aliphatic carbocycles. The normalized spacial score (nSPS) is 10.4. The van der Waals surface area contributed by atoms with Crippen LogP contribution in [0, 0.1) is 0 Å². The van der Waals surface area contributed by atoms with Gasteiger partial charge in [-0.05, 0) is 24.6 Å². The molecule has 0 amide bonds. The van der Waals surface area contributed by atoms with E-state index < -0.39 is 0 Å². The maximum atomic E-state index is 5.96. The number of thiazole rings is 1. The second-order valence-electron chi connectivity index (χ2n) is 3.83. The van der Waals surface area contributed by atoms with Crippen LogP contribution in [0.5, 0.6) is 5.75 Å². The molecule has 0 radical (unpaired) electrons. The fourth-order valence-corrected chi connectivity index (χ4v) is 2.08. The summed E-state index contributed by atoms with van der Waals surface area (Å²) in [6.45, 7) is 2.86. The van der Waals surface area contributed by atoms with Crippen molar-refractivity contribution in [3.8, 4) is 17.0 Å². The van der Waals surface area contributed by atoms with Gasteiger partial charge in [-0.3, -0.25) is 0 Å². The molecule has 0 spiro atoms. The summed E-state index contributed by atoms with van der Waals surface area (Å²) in [5, 5.41) is 2.01. The fraction of sp³-hybridized carbons (Fsp3) is 0.308. The van der Waals surface area contributed by atoms with Crippen molar-refractivity contribution in [2.45, 2.75) is 19.8 Å². The molecule has 0 atom stereocenters. The molecule has 0 aliphatic heterocycles. The van der Waals surface area contributed by atoms with Gasteiger partial charge in [-0.2, -0.15) is 0 Å². The Hall–Kier alpha value is -1.55. The first-order chi connectivity index (χ1) is 8.31. The van der Waals surface area contributed by atoms with E-state index in [1.54, 1.807) is 11.3 Å². The zero-order chi connectivity index (χ0) is 12.1. The second kappa shape index (κ2) is 5.68. The molecule has 0 fully saturated rings. The average Bonchev–Trinajstić information content (AvgIpc) is 2.85. The molecule has 1 aromatic heterocycles. The molecule has 0 saturated carbocycles. The van der Waals surface area contributed by atoms with Crippen molar-refractivity contribution in [2.75, 3.05) is 12.3 Å². The van der Waals surface area contributed by atoms with Crippen molar-refractivity contribution in [1.82, 2.24) is 4.98 Å². The molecule has 0 unspecified atom stereocenters. The minimum Gasteiger partial charge on any atom is -0.491 e. The van der Waals surface area contributed by atoms with E-state index in [1.165, 1.54) is 0 Å². The molecule has 0 saturated heterocycles. The van der Waals surface area contributed by atoms with Crippen LogP contribution in [0.4, 0.5) is 5.69 Å². The number of aromatic nitrogens is 1. The molecule has 2 rings (SSSR count). The van der Waals surface area contributed by atoms with Gasteiger partial charge in [0.05, 0.1) is 23.5 Å². The molecular formula is C13H16N2OS. The van der Waals surface area contributed by atoms with Crippen LogP contribution in [0.3, 0.4) is 0 Å². The van der Waals surface area contributed by atoms with Gasteiger partial charge in [0.25, 0.3) is 0 Å². The zero-order valence-corrected chi connectivity index (χ0v) is 10.7. The number of benzene rings is 1. The highest BCUT2D eigenvalue weighted by Gasteiger charge is 2.04. The average molecular weight is 248 g/mol. The number of hydrogen-bond donors (Lipinski definition) is 1. The Morgan fingerprint density at radius 3 is 2.94 bits per heavy atom. The van der Waals surface area contributed by atoms with Crippen molar-refractivity contribution < 1.29 is 4.74 Å². The third kappa shape index (κ3) is 2.97. The van der Waals surface area contributed by atoms with Crippen LogP contribution in [0.25, 0.3) is 11.3 Å². The van der Waals surface area contributed by atoms with Crippen molar-refractivity contribution in [3.63, 3.8) is 0 Å². The van der Waals surface area contributed by atoms with Crippen LogP contribution in [0.15, 0.2) is 29.1 Å². The van der Waals surface area contributed by atoms with Crippen LogP contribution in [-0.2, 0) is 0 Å². The first-order valence-electron chi connectivity index (χ1n) is 5.72. The lowest BCUT2D eigenvalue weighted by molar-refractivity contribution is 0.311. The van der Waals surface area contributed by atoms with Crippen LogP contribution < -0.4 is 10.5 Å². The fourth-order valence-electron chi connectivity index (χ4n) is 1.52. The Morgan fingerprint density at radius 2 is 2.29 bits per heavy atom. The van der Waals surface area contributed by atoms with Gasteiger partial charge in [0.2, 0.25) is 0 Å². The predicted octanol–water partition coefficient (Wildman–Crippen LogP) is 3.57. The molecule has 2 aromatic rings. The number of unbranched alkanes of at least 4 members (excludes halogenated alkanes) is 1. The van der Waals surface area contributed by atoms with Crippen LogP contribution in [-0.4, -0.2) is 11.6 Å². The first-order valence-corrected chi connectivity index (χ1v) is 6.66. The van der Waals surface area contributed by atoms with E-state index in [0.29, 0.717) is 5.69 Å². The molecule has 2 N–H and O–H groups in total. The number of anilines is 1. The molecule has 0 bridgehead atoms. The summed E-state index contributed by atoms with van der Waals surface area (Å²) in [5.74, 6) is 0.762. The Labute approximate surface area is 105 Å². The summed E-state index contributed by atoms with van der Waals surface area (Å²) in [7, 11) is 0. The van der Waals surface area contributed by atoms with Crippen molar-refractivity contribution in [2.24, 2.45) is 0 Å². The number of ether oxygens (including phenoxy) is 1. The topological polar surface area (TPSA) is 48.1 Å². The van der Waals surface area contributed by atoms with Gasteiger partial charge in [0.15, 0.2) is 0 Å². The Bertz CT molecular complexity index is 468. The SMILES string of the molecule is CCCCOc1ccc(-c2cscn2)cc1N. The van der Waals surface area contributed by atoms with Crippen molar-refractivity contribution in [3.05, 3.63) is 29.1 Å². The maximum absolute atomic E-state index is 5.96. The molecule has 4 heteroatoms. The summed E-state index contributed by atoms with van der Waals surface area (Å²) in [5.41, 5.74) is 10.4. The van der Waals surface area contributed by atoms with Crippen LogP contribution in [0.2, 0.25) is 0 Å². The standard InChI is InChI=1S/C13H16N2OS/c1-2-3-6-16-13-5-4-10(7-11(13)14)12-8-17-9-15-12/h4-5,7-9H,2-3,6,14H2,1H3. The van der Waals surface area contributed by atoms with E-state index in [1.807, 2.05) is 29.1 Å². The highest BCUT2D eigenvalue weighted by atomic mass is 32.1. The Balaban J connectivity index is 2.12. The second-order valence-corrected chi connectivity index (χ2v) is 4.55. The molecule has 3 nitrogen and oxygen atoms in total. The smallest absolute Gasteiger partial charge is 0.142 e. The lowest BCUT2D eigenvalue weighted by atomic mass is 10.1. The summed E-state index contributed by atoms with van der Waals surface area (Å²) >= 11 is 1.58. The number of nitrogens with two attached hydrogens (primary N) is 1. The summed E-state index contributed by atoms with van der Waals surface area (Å²) in [6, 6.07) is 5.82. The molecule has 17 heavy (non-hydrogen) atoms. The minimum absolute atomic E-state index is 0.673. The predicted molar refractivity (Wildman–Crippen MR) is 72.4 cm³/mol. The maximum Gasteiger partial charge on any atom is 0.142 e. The molecular weight excluding hydrogens is 232 g/mol. The number of hydrogen-bond acceptors (Lipinski definition) is 4. The largest absolute Gasteiger partial charge is 0.491 e. The van der Waals surface area contributed by atoms with Gasteiger partial charge in [-0.1, -0.05) is 13.3 Å². The van der Waals surface area contributed by atoms with E-state index in [0.717, 1.165) is 36.5 Å². The van der Waals surface area contributed by atoms with E-state index >= 15 is 0 Å². The molecule has 0 aliphatic rings. The van der Waals surface area contributed by atoms with Crippen LogP contribution >= 0.6 is 11.3 Å². The van der Waals surface area contributed by atoms with Crippen molar-refractivity contribution in [1.29, 1.82) is 0 Å². The minimum atomic E-state index is 0.673. The van der Waals surface area contributed by atoms with Gasteiger partial charge in [0.1, 0.15) is 5.75 Å². The number of nitrogen functional groups attached to an aromatic ring is 1. The third-order valence-corrected chi connectivity index (χ3v) is 3.08. The highest BCUT2D eigenvalue weighted by Crippen LogP contribution is 2.28. The summed E-state index contributed by atoms with van der Waals surface area (Å²) in [4.78, 5) is 4.25. The van der Waals surface area contributed by atoms with Gasteiger partial charge < -0.3 is 10.5 Å². The van der Waals surface area contributed by atoms with Gasteiger partial charge >= 0.3 is 0 Å².